The van der Waals surface area contributed by atoms with Crippen LogP contribution in [0, 0.1) is 0 Å². The Balaban J connectivity index is -0.0000000250. The molecule has 0 amide bonds. The van der Waals surface area contributed by atoms with E-state index >= 15 is 0 Å². The molecule has 0 aliphatic rings. The Morgan fingerprint density at radius 2 is 0.318 bits per heavy atom. The monoisotopic (exact) mass is 741 g/mol. The van der Waals surface area contributed by atoms with Crippen molar-refractivity contribution in [2.75, 3.05) is 0 Å². The summed E-state index contributed by atoms with van der Waals surface area (Å²) >= 11 is -19.0. The van der Waals surface area contributed by atoms with Gasteiger partial charge >= 0.3 is 134 Å². The van der Waals surface area contributed by atoms with Gasteiger partial charge in [-0.2, -0.15) is 0 Å². The summed E-state index contributed by atoms with van der Waals surface area (Å²) in [5, 5.41) is 0. The van der Waals surface area contributed by atoms with Gasteiger partial charge in [-0.3, -0.25) is 0 Å². The van der Waals surface area contributed by atoms with Crippen molar-refractivity contribution in [3.05, 3.63) is 0 Å². The second-order valence-electron chi connectivity index (χ2n) is 1.02. The maximum Gasteiger partial charge on any atom is 0 e. The van der Waals surface area contributed by atoms with Gasteiger partial charge in [-0.25, -0.2) is 0 Å². The number of rotatable bonds is 0. The van der Waals surface area contributed by atoms with Gasteiger partial charge in [0.2, 0.25) is 0 Å². The van der Waals surface area contributed by atoms with Crippen LogP contribution in [0.1, 0.15) is 0 Å². The van der Waals surface area contributed by atoms with Crippen LogP contribution in [0.2, 0.25) is 0 Å². The molecule has 0 saturated carbocycles. The van der Waals surface area contributed by atoms with Crippen LogP contribution in [0.25, 0.3) is 0 Å². The molecule has 15 nitrogen and oxygen atoms in total. The molecule has 0 aliphatic carbocycles. The van der Waals surface area contributed by atoms with Gasteiger partial charge in [-0.15, -0.1) is 0 Å². The normalized spacial score (nSPS) is 7.95. The van der Waals surface area contributed by atoms with E-state index in [9.17, 15) is 0 Å². The molecule has 0 bridgehead atoms. The predicted octanol–water partition coefficient (Wildman–Crippen LogP) is -14.4. The molecule has 0 unspecified atom stereocenters. The molecule has 0 aromatic carbocycles. The summed E-state index contributed by atoms with van der Waals surface area (Å²) in [6, 6.07) is 0. The van der Waals surface area contributed by atoms with E-state index in [4.69, 9.17) is 61.1 Å². The zero-order valence-electron chi connectivity index (χ0n) is 9.06. The van der Waals surface area contributed by atoms with E-state index < -0.39 is 72.5 Å². The fraction of sp³-hybridized carbons (Fsp3) is 0. The maximum atomic E-state index is 8.54. The Morgan fingerprint density at radius 1 is 0.318 bits per heavy atom. The molecule has 0 N–H and O–H groups in total. The maximum absolute atomic E-state index is 8.54. The van der Waals surface area contributed by atoms with E-state index in [1.807, 2.05) is 0 Å². The Morgan fingerprint density at radius 3 is 0.318 bits per heavy atom. The first-order chi connectivity index (χ1) is 8.66. The third kappa shape index (κ3) is 1820. The fourth-order valence-electron chi connectivity index (χ4n) is 0. The first kappa shape index (κ1) is 44.1. The minimum absolute atomic E-state index is 0. The Kier molecular flexibility index (Phi) is 77.7. The SMILES string of the molecule is O=[Se]([O-])[O-].O=[Se]([O-])[O-].O=[Se]([O-])[O-].O=[Se]([O-])[O-].O=[Se]([O-])[O-].[V].[V]. The van der Waals surface area contributed by atoms with Gasteiger partial charge in [0, 0.05) is 37.1 Å². The molecular weight excluding hydrogens is 737 g/mol. The summed E-state index contributed by atoms with van der Waals surface area (Å²) in [6.07, 6.45) is 0. The molecule has 0 fully saturated rings. The molecule has 0 saturated heterocycles. The van der Waals surface area contributed by atoms with E-state index in [0.29, 0.717) is 0 Å². The second kappa shape index (κ2) is 38.8. The van der Waals surface area contributed by atoms with Crippen molar-refractivity contribution in [1.82, 2.24) is 0 Å². The Bertz CT molecular complexity index is 211. The van der Waals surface area contributed by atoms with Crippen LogP contribution < -0.4 is 41.9 Å². The molecule has 0 spiro atoms. The molecule has 0 aromatic heterocycles. The molecule has 140 valence electrons. The van der Waals surface area contributed by atoms with Crippen molar-refractivity contribution < 1.29 is 98.2 Å². The Labute approximate surface area is 169 Å². The topological polar surface area (TPSA) is 316 Å². The Hall–Kier alpha value is 2.37. The summed E-state index contributed by atoms with van der Waals surface area (Å²) in [6.45, 7) is 0. The van der Waals surface area contributed by atoms with E-state index in [0.717, 1.165) is 0 Å². The minimum atomic E-state index is -3.79. The van der Waals surface area contributed by atoms with E-state index in [1.165, 1.54) is 0 Å². The molecule has 0 aliphatic heterocycles. The van der Waals surface area contributed by atoms with Crippen molar-refractivity contribution in [2.45, 2.75) is 0 Å². The zero-order valence-corrected chi connectivity index (χ0v) is 20.4. The van der Waals surface area contributed by atoms with Gasteiger partial charge in [0.05, 0.1) is 0 Å². The quantitative estimate of drug-likeness (QED) is 0.208. The van der Waals surface area contributed by atoms with Gasteiger partial charge in [0.1, 0.15) is 0 Å². The summed E-state index contributed by atoms with van der Waals surface area (Å²) in [5.74, 6) is 0. The van der Waals surface area contributed by atoms with Crippen LogP contribution in [0.15, 0.2) is 0 Å². The van der Waals surface area contributed by atoms with Crippen LogP contribution in [0.5, 0.6) is 0 Å². The van der Waals surface area contributed by atoms with E-state index in [-0.39, 0.29) is 37.1 Å². The molecule has 0 aromatic rings. The third-order valence-electron chi connectivity index (χ3n) is 0. The molecular formula is O15Se5V2-10. The average molecular weight is 737 g/mol. The van der Waals surface area contributed by atoms with Crippen LogP contribution in [-0.2, 0) is 56.3 Å². The standard InChI is InChI=1S/5H2O3Se.2V/c5*1-4(2)3;;/h5*(H2,1,2,3);;/p-10. The molecule has 0 heterocycles. The predicted molar refractivity (Wildman–Crippen MR) is 32.2 cm³/mol. The second-order valence-corrected chi connectivity index (χ2v) is 5.30. The van der Waals surface area contributed by atoms with Gasteiger partial charge < -0.3 is 0 Å². The van der Waals surface area contributed by atoms with Crippen LogP contribution in [-0.4, -0.2) is 72.5 Å². The molecule has 2 radical (unpaired) electrons. The first-order valence-corrected chi connectivity index (χ1v) is 13.0. The largest absolute Gasteiger partial charge is 0 e. The van der Waals surface area contributed by atoms with Gasteiger partial charge in [0.15, 0.2) is 0 Å². The minimum Gasteiger partial charge on any atom is 0 e. The average Bonchev–Trinajstić information content (AvgIpc) is 1.94. The van der Waals surface area contributed by atoms with Crippen LogP contribution in [0.3, 0.4) is 0 Å². The first-order valence-electron chi connectivity index (χ1n) is 2.50. The van der Waals surface area contributed by atoms with Crippen molar-refractivity contribution in [1.29, 1.82) is 0 Å². The van der Waals surface area contributed by atoms with Crippen molar-refractivity contribution in [3.8, 4) is 0 Å². The summed E-state index contributed by atoms with van der Waals surface area (Å²) < 4.78 is 128. The number of hydrogen-bond acceptors (Lipinski definition) is 15. The van der Waals surface area contributed by atoms with Crippen molar-refractivity contribution in [2.24, 2.45) is 0 Å². The number of hydrogen-bond donors (Lipinski definition) is 0. The van der Waals surface area contributed by atoms with Gasteiger partial charge in [-0.05, 0) is 0 Å². The van der Waals surface area contributed by atoms with Gasteiger partial charge in [-0.1, -0.05) is 0 Å². The van der Waals surface area contributed by atoms with Gasteiger partial charge in [0.25, 0.3) is 0 Å². The fourth-order valence-corrected chi connectivity index (χ4v) is 0. The summed E-state index contributed by atoms with van der Waals surface area (Å²) in [7, 11) is 0. The molecule has 0 rings (SSSR count). The van der Waals surface area contributed by atoms with E-state index in [2.05, 4.69) is 0 Å². The van der Waals surface area contributed by atoms with Crippen LogP contribution in [0.4, 0.5) is 0 Å². The van der Waals surface area contributed by atoms with Crippen LogP contribution >= 0.6 is 0 Å². The molecule has 0 atom stereocenters. The summed E-state index contributed by atoms with van der Waals surface area (Å²) in [4.78, 5) is 0. The van der Waals surface area contributed by atoms with Crippen molar-refractivity contribution >= 4 is 72.5 Å². The molecule has 22 heavy (non-hydrogen) atoms. The zero-order chi connectivity index (χ0) is 17.9. The molecule has 22 heteroatoms. The van der Waals surface area contributed by atoms with E-state index in [1.54, 1.807) is 0 Å². The summed E-state index contributed by atoms with van der Waals surface area (Å²) in [5.41, 5.74) is 0. The third-order valence-corrected chi connectivity index (χ3v) is 0. The van der Waals surface area contributed by atoms with Crippen molar-refractivity contribution in [3.63, 3.8) is 0 Å². The smallest absolute Gasteiger partial charge is 0 e.